The molecule has 0 saturated heterocycles. The number of aliphatic imine (C=N–C) groups is 1. The molecule has 2 rings (SSSR count). The quantitative estimate of drug-likeness (QED) is 0.629. The molecule has 2 nitrogen and oxygen atoms in total. The molecule has 2 N–H and O–H groups in total. The van der Waals surface area contributed by atoms with Gasteiger partial charge in [-0.15, -0.1) is 0 Å². The molecule has 0 fully saturated rings. The normalized spacial score (nSPS) is 20.4. The summed E-state index contributed by atoms with van der Waals surface area (Å²) < 4.78 is 0. The van der Waals surface area contributed by atoms with Gasteiger partial charge >= 0.3 is 0 Å². The van der Waals surface area contributed by atoms with Gasteiger partial charge < -0.3 is 5.73 Å². The number of benzene rings is 1. The van der Waals surface area contributed by atoms with Gasteiger partial charge in [-0.25, -0.2) is 0 Å². The van der Waals surface area contributed by atoms with E-state index in [-0.39, 0.29) is 0 Å². The maximum atomic E-state index is 6.16. The fourth-order valence-electron chi connectivity index (χ4n) is 2.46. The third kappa shape index (κ3) is 2.87. The number of amidine groups is 1. The molecular weight excluding hydrogens is 208 g/mol. The highest BCUT2D eigenvalue weighted by molar-refractivity contribution is 5.88. The molecule has 0 saturated carbocycles. The number of hydrogen-bond acceptors (Lipinski definition) is 1. The number of aryl methyl sites for hydroxylation is 1. The molecule has 17 heavy (non-hydrogen) atoms. The van der Waals surface area contributed by atoms with Crippen molar-refractivity contribution in [2.75, 3.05) is 6.54 Å². The molecule has 1 aliphatic carbocycles. The molecular formula is C15H22N2. The number of fused-ring (bicyclic) bond motifs is 1. The molecule has 0 aromatic heterocycles. The third-order valence-corrected chi connectivity index (χ3v) is 3.37. The maximum Gasteiger partial charge on any atom is 0.101 e. The summed E-state index contributed by atoms with van der Waals surface area (Å²) in [6, 6.07) is 8.64. The predicted octanol–water partition coefficient (Wildman–Crippen LogP) is 3.12. The molecule has 1 atom stereocenters. The Balaban J connectivity index is 2.20. The minimum atomic E-state index is 0.346. The Hall–Kier alpha value is -1.31. The van der Waals surface area contributed by atoms with Crippen molar-refractivity contribution in [3.8, 4) is 0 Å². The smallest absolute Gasteiger partial charge is 0.101 e. The molecule has 0 heterocycles. The van der Waals surface area contributed by atoms with Gasteiger partial charge in [-0.3, -0.25) is 4.99 Å². The number of nitrogens with two attached hydrogens (primary N) is 1. The Morgan fingerprint density at radius 1 is 1.41 bits per heavy atom. The first-order valence-electron chi connectivity index (χ1n) is 6.56. The SMILES string of the molecule is CC(C)CN=C(N)C1CCCc2ccccc21. The first kappa shape index (κ1) is 12.2. The second-order valence-electron chi connectivity index (χ2n) is 5.30. The van der Waals surface area contributed by atoms with Crippen LogP contribution in [0.1, 0.15) is 43.7 Å². The maximum absolute atomic E-state index is 6.16. The Labute approximate surface area is 104 Å². The number of nitrogens with zero attached hydrogens (tertiary/aromatic N) is 1. The molecule has 92 valence electrons. The number of hydrogen-bond donors (Lipinski definition) is 1. The first-order valence-corrected chi connectivity index (χ1v) is 6.56. The molecule has 0 amide bonds. The van der Waals surface area contributed by atoms with Crippen LogP contribution < -0.4 is 5.73 Å². The van der Waals surface area contributed by atoms with Crippen molar-refractivity contribution in [2.45, 2.75) is 39.0 Å². The molecule has 0 aliphatic heterocycles. The zero-order chi connectivity index (χ0) is 12.3. The van der Waals surface area contributed by atoms with Gasteiger partial charge in [-0.2, -0.15) is 0 Å². The third-order valence-electron chi connectivity index (χ3n) is 3.37. The highest BCUT2D eigenvalue weighted by Gasteiger charge is 2.22. The highest BCUT2D eigenvalue weighted by atomic mass is 14.9. The van der Waals surface area contributed by atoms with E-state index < -0.39 is 0 Å². The standard InChI is InChI=1S/C15H22N2/c1-11(2)10-17-15(16)14-9-5-7-12-6-3-4-8-13(12)14/h3-4,6,8,11,14H,5,7,9-10H2,1-2H3,(H2,16,17). The largest absolute Gasteiger partial charge is 0.387 e. The van der Waals surface area contributed by atoms with Crippen LogP contribution in [0.25, 0.3) is 0 Å². The van der Waals surface area contributed by atoms with Crippen molar-refractivity contribution in [3.63, 3.8) is 0 Å². The van der Waals surface area contributed by atoms with Gasteiger partial charge in [0.25, 0.3) is 0 Å². The van der Waals surface area contributed by atoms with E-state index in [1.54, 1.807) is 0 Å². The monoisotopic (exact) mass is 230 g/mol. The van der Waals surface area contributed by atoms with E-state index in [9.17, 15) is 0 Å². The van der Waals surface area contributed by atoms with Crippen molar-refractivity contribution in [2.24, 2.45) is 16.6 Å². The Bertz CT molecular complexity index is 407. The molecule has 0 radical (unpaired) electrons. The zero-order valence-corrected chi connectivity index (χ0v) is 10.8. The van der Waals surface area contributed by atoms with E-state index in [0.717, 1.165) is 18.8 Å². The van der Waals surface area contributed by atoms with Crippen molar-refractivity contribution >= 4 is 5.84 Å². The molecule has 1 aromatic carbocycles. The second kappa shape index (κ2) is 5.35. The summed E-state index contributed by atoms with van der Waals surface area (Å²) in [5.41, 5.74) is 9.00. The van der Waals surface area contributed by atoms with Crippen LogP contribution in [0.4, 0.5) is 0 Å². The van der Waals surface area contributed by atoms with Gasteiger partial charge in [0.1, 0.15) is 5.84 Å². The first-order chi connectivity index (χ1) is 8.18. The van der Waals surface area contributed by atoms with Crippen LogP contribution in [0.5, 0.6) is 0 Å². The van der Waals surface area contributed by atoms with E-state index in [0.29, 0.717) is 11.8 Å². The second-order valence-corrected chi connectivity index (χ2v) is 5.30. The summed E-state index contributed by atoms with van der Waals surface area (Å²) in [5, 5.41) is 0. The summed E-state index contributed by atoms with van der Waals surface area (Å²) in [6.07, 6.45) is 3.55. The lowest BCUT2D eigenvalue weighted by atomic mass is 9.82. The fourth-order valence-corrected chi connectivity index (χ4v) is 2.46. The van der Waals surface area contributed by atoms with Gasteiger partial charge in [0, 0.05) is 12.5 Å². The van der Waals surface area contributed by atoms with Crippen molar-refractivity contribution < 1.29 is 0 Å². The summed E-state index contributed by atoms with van der Waals surface area (Å²) in [4.78, 5) is 4.54. The van der Waals surface area contributed by atoms with Gasteiger partial charge in [0.05, 0.1) is 0 Å². The summed E-state index contributed by atoms with van der Waals surface area (Å²) >= 11 is 0. The Morgan fingerprint density at radius 3 is 2.94 bits per heavy atom. The summed E-state index contributed by atoms with van der Waals surface area (Å²) in [6.45, 7) is 5.18. The predicted molar refractivity (Wildman–Crippen MR) is 73.4 cm³/mol. The van der Waals surface area contributed by atoms with E-state index >= 15 is 0 Å². The van der Waals surface area contributed by atoms with Crippen LogP contribution in [0.15, 0.2) is 29.3 Å². The fraction of sp³-hybridized carbons (Fsp3) is 0.533. The lowest BCUT2D eigenvalue weighted by molar-refractivity contribution is 0.631. The lowest BCUT2D eigenvalue weighted by Gasteiger charge is -2.25. The van der Waals surface area contributed by atoms with Crippen molar-refractivity contribution in [1.82, 2.24) is 0 Å². The van der Waals surface area contributed by atoms with Gasteiger partial charge in [0.15, 0.2) is 0 Å². The van der Waals surface area contributed by atoms with E-state index in [1.807, 2.05) is 0 Å². The van der Waals surface area contributed by atoms with Crippen LogP contribution >= 0.6 is 0 Å². The Morgan fingerprint density at radius 2 is 2.18 bits per heavy atom. The van der Waals surface area contributed by atoms with Gasteiger partial charge in [-0.05, 0) is 36.3 Å². The zero-order valence-electron chi connectivity index (χ0n) is 10.8. The van der Waals surface area contributed by atoms with Crippen LogP contribution in [0.2, 0.25) is 0 Å². The van der Waals surface area contributed by atoms with E-state index in [2.05, 4.69) is 43.1 Å². The minimum absolute atomic E-state index is 0.346. The van der Waals surface area contributed by atoms with Crippen LogP contribution in [0.3, 0.4) is 0 Å². The number of rotatable bonds is 3. The van der Waals surface area contributed by atoms with Crippen molar-refractivity contribution in [1.29, 1.82) is 0 Å². The molecule has 2 heteroatoms. The van der Waals surface area contributed by atoms with E-state index in [4.69, 9.17) is 5.73 Å². The molecule has 0 bridgehead atoms. The topological polar surface area (TPSA) is 38.4 Å². The minimum Gasteiger partial charge on any atom is -0.387 e. The lowest BCUT2D eigenvalue weighted by Crippen LogP contribution is -2.26. The molecule has 1 aliphatic rings. The van der Waals surface area contributed by atoms with Crippen LogP contribution in [-0.2, 0) is 6.42 Å². The average molecular weight is 230 g/mol. The Kier molecular flexibility index (Phi) is 3.82. The highest BCUT2D eigenvalue weighted by Crippen LogP contribution is 2.31. The summed E-state index contributed by atoms with van der Waals surface area (Å²) in [5.74, 6) is 1.75. The molecule has 1 unspecified atom stereocenters. The van der Waals surface area contributed by atoms with Gasteiger partial charge in [-0.1, -0.05) is 38.1 Å². The van der Waals surface area contributed by atoms with E-state index in [1.165, 1.54) is 24.0 Å². The van der Waals surface area contributed by atoms with Crippen LogP contribution in [-0.4, -0.2) is 12.4 Å². The average Bonchev–Trinajstić information content (AvgIpc) is 2.35. The summed E-state index contributed by atoms with van der Waals surface area (Å²) in [7, 11) is 0. The van der Waals surface area contributed by atoms with Crippen LogP contribution in [0, 0.1) is 5.92 Å². The molecule has 1 aromatic rings. The van der Waals surface area contributed by atoms with Gasteiger partial charge in [0.2, 0.25) is 0 Å². The van der Waals surface area contributed by atoms with Crippen molar-refractivity contribution in [3.05, 3.63) is 35.4 Å². The molecule has 0 spiro atoms.